The van der Waals surface area contributed by atoms with Gasteiger partial charge < -0.3 is 5.32 Å². The molecule has 0 heterocycles. The molecule has 0 unspecified atom stereocenters. The summed E-state index contributed by atoms with van der Waals surface area (Å²) >= 11 is 5.84. The van der Waals surface area contributed by atoms with Crippen molar-refractivity contribution in [2.45, 2.75) is 20.3 Å². The van der Waals surface area contributed by atoms with Crippen molar-refractivity contribution in [1.29, 1.82) is 0 Å². The summed E-state index contributed by atoms with van der Waals surface area (Å²) in [6.07, 6.45) is 0.799. The molecule has 0 aliphatic heterocycles. The summed E-state index contributed by atoms with van der Waals surface area (Å²) in [6, 6.07) is 13.5. The van der Waals surface area contributed by atoms with Gasteiger partial charge in [0.05, 0.1) is 0 Å². The number of rotatable bonds is 4. The number of benzene rings is 2. The summed E-state index contributed by atoms with van der Waals surface area (Å²) < 4.78 is 0. The predicted octanol–water partition coefficient (Wildman–Crippen LogP) is 3.93. The van der Waals surface area contributed by atoms with Gasteiger partial charge in [-0.1, -0.05) is 41.4 Å². The van der Waals surface area contributed by atoms with Gasteiger partial charge in [0, 0.05) is 17.1 Å². The lowest BCUT2D eigenvalue weighted by Crippen LogP contribution is -2.26. The van der Waals surface area contributed by atoms with Gasteiger partial charge in [-0.15, -0.1) is 0 Å². The molecule has 0 radical (unpaired) electrons. The van der Waals surface area contributed by atoms with E-state index in [2.05, 4.69) is 5.32 Å². The summed E-state index contributed by atoms with van der Waals surface area (Å²) in [5.74, 6) is -0.0172. The zero-order valence-electron chi connectivity index (χ0n) is 11.7. The number of hydrogen-bond donors (Lipinski definition) is 1. The molecule has 104 valence electrons. The Bertz CT molecular complexity index is 605. The number of halogens is 1. The molecule has 1 N–H and O–H groups in total. The Morgan fingerprint density at radius 1 is 1.10 bits per heavy atom. The second-order valence-corrected chi connectivity index (χ2v) is 5.39. The lowest BCUT2D eigenvalue weighted by Gasteiger charge is -2.08. The third-order valence-electron chi connectivity index (χ3n) is 3.24. The van der Waals surface area contributed by atoms with Gasteiger partial charge in [-0.3, -0.25) is 4.79 Å². The van der Waals surface area contributed by atoms with Crippen molar-refractivity contribution in [2.24, 2.45) is 0 Å². The van der Waals surface area contributed by atoms with E-state index in [4.69, 9.17) is 11.6 Å². The van der Waals surface area contributed by atoms with Crippen LogP contribution in [0.15, 0.2) is 42.5 Å². The van der Waals surface area contributed by atoms with E-state index in [-0.39, 0.29) is 5.91 Å². The highest BCUT2D eigenvalue weighted by molar-refractivity contribution is 6.30. The van der Waals surface area contributed by atoms with E-state index in [1.807, 2.05) is 56.3 Å². The number of carbonyl (C=O) groups is 1. The molecule has 20 heavy (non-hydrogen) atoms. The van der Waals surface area contributed by atoms with Crippen LogP contribution < -0.4 is 5.32 Å². The van der Waals surface area contributed by atoms with E-state index in [9.17, 15) is 4.79 Å². The SMILES string of the molecule is Cc1ccc(C(=O)NCCc2ccc(Cl)cc2)c(C)c1. The standard InChI is InChI=1S/C17H18ClNO/c1-12-3-8-16(13(2)11-12)17(20)19-10-9-14-4-6-15(18)7-5-14/h3-8,11H,9-10H2,1-2H3,(H,19,20). The molecular formula is C17H18ClNO. The molecule has 0 saturated carbocycles. The number of hydrogen-bond acceptors (Lipinski definition) is 1. The number of carbonyl (C=O) groups excluding carboxylic acids is 1. The first kappa shape index (κ1) is 14.6. The lowest BCUT2D eigenvalue weighted by molar-refractivity contribution is 0.0953. The molecule has 2 aromatic rings. The molecule has 0 aliphatic rings. The maximum absolute atomic E-state index is 12.1. The van der Waals surface area contributed by atoms with E-state index in [1.54, 1.807) is 0 Å². The molecule has 2 nitrogen and oxygen atoms in total. The maximum Gasteiger partial charge on any atom is 0.251 e. The van der Waals surface area contributed by atoms with E-state index >= 15 is 0 Å². The average Bonchev–Trinajstić information content (AvgIpc) is 2.41. The van der Waals surface area contributed by atoms with Crippen molar-refractivity contribution in [2.75, 3.05) is 6.54 Å². The molecule has 0 aromatic heterocycles. The van der Waals surface area contributed by atoms with Crippen LogP contribution in [-0.2, 0) is 6.42 Å². The Hall–Kier alpha value is -1.80. The van der Waals surface area contributed by atoms with Crippen molar-refractivity contribution in [1.82, 2.24) is 5.32 Å². The number of aryl methyl sites for hydroxylation is 2. The van der Waals surface area contributed by atoms with Crippen LogP contribution in [0.5, 0.6) is 0 Å². The smallest absolute Gasteiger partial charge is 0.251 e. The summed E-state index contributed by atoms with van der Waals surface area (Å²) in [5.41, 5.74) is 4.08. The Morgan fingerprint density at radius 2 is 1.80 bits per heavy atom. The van der Waals surface area contributed by atoms with Gasteiger partial charge in [0.15, 0.2) is 0 Å². The molecular weight excluding hydrogens is 270 g/mol. The molecule has 0 atom stereocenters. The highest BCUT2D eigenvalue weighted by atomic mass is 35.5. The van der Waals surface area contributed by atoms with Crippen LogP contribution in [0.3, 0.4) is 0 Å². The minimum absolute atomic E-state index is 0.0172. The van der Waals surface area contributed by atoms with E-state index in [1.165, 1.54) is 5.56 Å². The fraction of sp³-hybridized carbons (Fsp3) is 0.235. The predicted molar refractivity (Wildman–Crippen MR) is 83.4 cm³/mol. The molecule has 0 fully saturated rings. The topological polar surface area (TPSA) is 29.1 Å². The third-order valence-corrected chi connectivity index (χ3v) is 3.49. The molecule has 0 bridgehead atoms. The van der Waals surface area contributed by atoms with Crippen molar-refractivity contribution in [3.8, 4) is 0 Å². The zero-order chi connectivity index (χ0) is 14.5. The van der Waals surface area contributed by atoms with Crippen LogP contribution in [0.2, 0.25) is 5.02 Å². The first-order valence-corrected chi connectivity index (χ1v) is 7.04. The van der Waals surface area contributed by atoms with Crippen molar-refractivity contribution >= 4 is 17.5 Å². The fourth-order valence-electron chi connectivity index (χ4n) is 2.14. The van der Waals surface area contributed by atoms with Gasteiger partial charge in [0.25, 0.3) is 5.91 Å². The lowest BCUT2D eigenvalue weighted by atomic mass is 10.1. The number of nitrogens with one attached hydrogen (secondary N) is 1. The largest absolute Gasteiger partial charge is 0.352 e. The van der Waals surface area contributed by atoms with Gasteiger partial charge in [0.2, 0.25) is 0 Å². The van der Waals surface area contributed by atoms with E-state index in [0.717, 1.165) is 28.1 Å². The Labute approximate surface area is 124 Å². The van der Waals surface area contributed by atoms with Gasteiger partial charge in [-0.05, 0) is 49.6 Å². The number of amides is 1. The second-order valence-electron chi connectivity index (χ2n) is 4.95. The van der Waals surface area contributed by atoms with Gasteiger partial charge in [0.1, 0.15) is 0 Å². The normalized spacial score (nSPS) is 10.3. The van der Waals surface area contributed by atoms with Crippen LogP contribution >= 0.6 is 11.6 Å². The van der Waals surface area contributed by atoms with E-state index < -0.39 is 0 Å². The van der Waals surface area contributed by atoms with Crippen molar-refractivity contribution in [3.63, 3.8) is 0 Å². The van der Waals surface area contributed by atoms with E-state index in [0.29, 0.717) is 6.54 Å². The molecule has 0 saturated heterocycles. The first-order chi connectivity index (χ1) is 9.56. The molecule has 0 aliphatic carbocycles. The quantitative estimate of drug-likeness (QED) is 0.907. The van der Waals surface area contributed by atoms with Gasteiger partial charge >= 0.3 is 0 Å². The third kappa shape index (κ3) is 3.84. The zero-order valence-corrected chi connectivity index (χ0v) is 12.5. The summed E-state index contributed by atoms with van der Waals surface area (Å²) in [6.45, 7) is 4.60. The molecule has 3 heteroatoms. The van der Waals surface area contributed by atoms with Gasteiger partial charge in [-0.2, -0.15) is 0 Å². The summed E-state index contributed by atoms with van der Waals surface area (Å²) in [7, 11) is 0. The maximum atomic E-state index is 12.1. The van der Waals surface area contributed by atoms with Crippen LogP contribution in [0, 0.1) is 13.8 Å². The second kappa shape index (κ2) is 6.58. The fourth-order valence-corrected chi connectivity index (χ4v) is 2.26. The van der Waals surface area contributed by atoms with Gasteiger partial charge in [-0.25, -0.2) is 0 Å². The highest BCUT2D eigenvalue weighted by Gasteiger charge is 2.08. The molecule has 1 amide bonds. The first-order valence-electron chi connectivity index (χ1n) is 6.66. The highest BCUT2D eigenvalue weighted by Crippen LogP contribution is 2.11. The Morgan fingerprint density at radius 3 is 2.45 bits per heavy atom. The van der Waals surface area contributed by atoms with Crippen LogP contribution in [-0.4, -0.2) is 12.5 Å². The Kier molecular flexibility index (Phi) is 4.80. The monoisotopic (exact) mass is 287 g/mol. The average molecular weight is 288 g/mol. The van der Waals surface area contributed by atoms with Crippen LogP contribution in [0.25, 0.3) is 0 Å². The molecule has 0 spiro atoms. The van der Waals surface area contributed by atoms with Crippen LogP contribution in [0.1, 0.15) is 27.0 Å². The minimum Gasteiger partial charge on any atom is -0.352 e. The minimum atomic E-state index is -0.0172. The van der Waals surface area contributed by atoms with Crippen LogP contribution in [0.4, 0.5) is 0 Å². The van der Waals surface area contributed by atoms with Crippen molar-refractivity contribution in [3.05, 3.63) is 69.7 Å². The molecule has 2 rings (SSSR count). The van der Waals surface area contributed by atoms with Crippen molar-refractivity contribution < 1.29 is 4.79 Å². The summed E-state index contributed by atoms with van der Waals surface area (Å²) in [4.78, 5) is 12.1. The Balaban J connectivity index is 1.90. The summed E-state index contributed by atoms with van der Waals surface area (Å²) in [5, 5.41) is 3.68. The molecule has 2 aromatic carbocycles.